The molecule has 25 heavy (non-hydrogen) atoms. The van der Waals surface area contributed by atoms with E-state index in [1.54, 1.807) is 30.3 Å². The molecule has 3 aromatic rings. The molecule has 0 radical (unpaired) electrons. The van der Waals surface area contributed by atoms with E-state index in [0.717, 1.165) is 0 Å². The van der Waals surface area contributed by atoms with Crippen molar-refractivity contribution < 1.29 is 9.18 Å². The number of ketones is 1. The first-order valence-corrected chi connectivity index (χ1v) is 8.97. The third-order valence-corrected chi connectivity index (χ3v) is 4.67. The van der Waals surface area contributed by atoms with Crippen LogP contribution in [0.3, 0.4) is 0 Å². The highest BCUT2D eigenvalue weighted by Crippen LogP contribution is 2.29. The first kappa shape index (κ1) is 17.4. The Morgan fingerprint density at radius 1 is 1.08 bits per heavy atom. The molecular formula is C19H18FN3OS. The second kappa shape index (κ2) is 7.61. The number of hydrogen-bond donors (Lipinski definition) is 0. The van der Waals surface area contributed by atoms with E-state index >= 15 is 0 Å². The fourth-order valence-electron chi connectivity index (χ4n) is 2.50. The van der Waals surface area contributed by atoms with Crippen LogP contribution in [0.25, 0.3) is 11.4 Å². The molecular weight excluding hydrogens is 337 g/mol. The molecule has 0 N–H and O–H groups in total. The van der Waals surface area contributed by atoms with Gasteiger partial charge in [-0.15, -0.1) is 10.2 Å². The third-order valence-electron chi connectivity index (χ3n) is 3.72. The quantitative estimate of drug-likeness (QED) is 0.477. The summed E-state index contributed by atoms with van der Waals surface area (Å²) in [5.74, 6) is 0.416. The zero-order valence-electron chi connectivity index (χ0n) is 14.0. The van der Waals surface area contributed by atoms with Gasteiger partial charge in [-0.25, -0.2) is 4.39 Å². The summed E-state index contributed by atoms with van der Waals surface area (Å²) >= 11 is 1.32. The molecule has 6 heteroatoms. The topological polar surface area (TPSA) is 47.8 Å². The van der Waals surface area contributed by atoms with Crippen LogP contribution in [0.2, 0.25) is 0 Å². The van der Waals surface area contributed by atoms with Gasteiger partial charge in [0.25, 0.3) is 0 Å². The predicted molar refractivity (Wildman–Crippen MR) is 97.3 cm³/mol. The molecule has 0 aliphatic carbocycles. The number of nitrogens with zero attached hydrogens (tertiary/aromatic N) is 3. The Morgan fingerprint density at radius 2 is 1.76 bits per heavy atom. The zero-order valence-corrected chi connectivity index (χ0v) is 14.8. The first-order chi connectivity index (χ1) is 12.1. The van der Waals surface area contributed by atoms with E-state index in [2.05, 4.69) is 10.2 Å². The maximum absolute atomic E-state index is 14.1. The Balaban J connectivity index is 1.85. The van der Waals surface area contributed by atoms with Crippen LogP contribution < -0.4 is 0 Å². The van der Waals surface area contributed by atoms with Crippen molar-refractivity contribution >= 4 is 17.5 Å². The van der Waals surface area contributed by atoms with Crippen molar-refractivity contribution in [3.8, 4) is 11.4 Å². The van der Waals surface area contributed by atoms with Gasteiger partial charge in [-0.2, -0.15) is 0 Å². The fourth-order valence-corrected chi connectivity index (χ4v) is 3.47. The lowest BCUT2D eigenvalue weighted by Gasteiger charge is -2.14. The van der Waals surface area contributed by atoms with Crippen LogP contribution in [-0.4, -0.2) is 26.3 Å². The van der Waals surface area contributed by atoms with Crippen molar-refractivity contribution in [1.29, 1.82) is 0 Å². The van der Waals surface area contributed by atoms with Crippen molar-refractivity contribution in [2.75, 3.05) is 5.75 Å². The lowest BCUT2D eigenvalue weighted by atomic mass is 10.2. The third kappa shape index (κ3) is 3.79. The van der Waals surface area contributed by atoms with Crippen LogP contribution in [0.5, 0.6) is 0 Å². The average Bonchev–Trinajstić information content (AvgIpc) is 3.05. The molecule has 0 bridgehead atoms. The van der Waals surface area contributed by atoms with Gasteiger partial charge in [-0.1, -0.05) is 54.2 Å². The largest absolute Gasteiger partial charge is 0.299 e. The van der Waals surface area contributed by atoms with Gasteiger partial charge in [0.1, 0.15) is 5.82 Å². The van der Waals surface area contributed by atoms with E-state index in [4.69, 9.17) is 0 Å². The highest BCUT2D eigenvalue weighted by atomic mass is 32.2. The minimum atomic E-state index is -0.339. The Bertz CT molecular complexity index is 877. The molecule has 0 spiro atoms. The molecule has 1 heterocycles. The number of hydrogen-bond acceptors (Lipinski definition) is 4. The van der Waals surface area contributed by atoms with Crippen molar-refractivity contribution in [3.63, 3.8) is 0 Å². The molecule has 3 rings (SSSR count). The van der Waals surface area contributed by atoms with Gasteiger partial charge in [-0.05, 0) is 26.0 Å². The summed E-state index contributed by atoms with van der Waals surface area (Å²) < 4.78 is 16.0. The number of halogens is 1. The number of rotatable bonds is 6. The number of carbonyl (C=O) groups is 1. The summed E-state index contributed by atoms with van der Waals surface area (Å²) in [6.45, 7) is 3.97. The minimum Gasteiger partial charge on any atom is -0.299 e. The van der Waals surface area contributed by atoms with E-state index in [-0.39, 0.29) is 23.4 Å². The van der Waals surface area contributed by atoms with Gasteiger partial charge in [0.05, 0.1) is 11.3 Å². The number of aromatic nitrogens is 3. The molecule has 0 saturated heterocycles. The van der Waals surface area contributed by atoms with Gasteiger partial charge in [0.2, 0.25) is 0 Å². The molecule has 0 atom stereocenters. The molecule has 0 saturated carbocycles. The highest BCUT2D eigenvalue weighted by Gasteiger charge is 2.20. The van der Waals surface area contributed by atoms with E-state index in [1.165, 1.54) is 17.8 Å². The van der Waals surface area contributed by atoms with Crippen LogP contribution in [0, 0.1) is 5.82 Å². The van der Waals surface area contributed by atoms with Gasteiger partial charge in [-0.3, -0.25) is 9.36 Å². The monoisotopic (exact) mass is 355 g/mol. The van der Waals surface area contributed by atoms with Crippen LogP contribution in [0.4, 0.5) is 4.39 Å². The lowest BCUT2D eigenvalue weighted by Crippen LogP contribution is -2.08. The molecule has 4 nitrogen and oxygen atoms in total. The Morgan fingerprint density at radius 3 is 2.44 bits per heavy atom. The average molecular weight is 355 g/mol. The van der Waals surface area contributed by atoms with Crippen molar-refractivity contribution in [2.24, 2.45) is 0 Å². The van der Waals surface area contributed by atoms with Crippen LogP contribution in [-0.2, 0) is 0 Å². The van der Waals surface area contributed by atoms with Crippen LogP contribution in [0.1, 0.15) is 30.2 Å². The maximum Gasteiger partial charge on any atom is 0.192 e. The van der Waals surface area contributed by atoms with E-state index in [0.29, 0.717) is 22.1 Å². The second-order valence-corrected chi connectivity index (χ2v) is 6.77. The number of carbonyl (C=O) groups excluding carboxylic acids is 1. The summed E-state index contributed by atoms with van der Waals surface area (Å²) in [5, 5.41) is 8.95. The second-order valence-electron chi connectivity index (χ2n) is 5.83. The normalized spacial score (nSPS) is 11.0. The van der Waals surface area contributed by atoms with Crippen LogP contribution >= 0.6 is 11.8 Å². The van der Waals surface area contributed by atoms with E-state index in [1.807, 2.05) is 36.6 Å². The maximum atomic E-state index is 14.1. The standard InChI is InChI=1S/C19H18FN3OS/c1-13(2)23-18(15-10-6-7-11-16(15)20)21-22-19(23)25-12-17(24)14-8-4-3-5-9-14/h3-11,13H,12H2,1-2H3. The summed E-state index contributed by atoms with van der Waals surface area (Å²) in [5.41, 5.74) is 1.07. The summed E-state index contributed by atoms with van der Waals surface area (Å²) in [6.07, 6.45) is 0. The molecule has 0 aliphatic heterocycles. The van der Waals surface area contributed by atoms with Gasteiger partial charge >= 0.3 is 0 Å². The predicted octanol–water partition coefficient (Wildman–Crippen LogP) is 4.64. The summed E-state index contributed by atoms with van der Waals surface area (Å²) in [6, 6.07) is 15.7. The Kier molecular flexibility index (Phi) is 5.28. The smallest absolute Gasteiger partial charge is 0.192 e. The summed E-state index contributed by atoms with van der Waals surface area (Å²) in [4.78, 5) is 12.3. The molecule has 0 unspecified atom stereocenters. The van der Waals surface area contributed by atoms with Gasteiger partial charge in [0, 0.05) is 11.6 Å². The molecule has 0 fully saturated rings. The summed E-state index contributed by atoms with van der Waals surface area (Å²) in [7, 11) is 0. The zero-order chi connectivity index (χ0) is 17.8. The molecule has 2 aromatic carbocycles. The van der Waals surface area contributed by atoms with Crippen LogP contribution in [0.15, 0.2) is 59.8 Å². The molecule has 0 amide bonds. The number of Topliss-reactive ketones (excluding diaryl/α,β-unsaturated/α-hetero) is 1. The van der Waals surface area contributed by atoms with Crippen molar-refractivity contribution in [1.82, 2.24) is 14.8 Å². The van der Waals surface area contributed by atoms with Crippen molar-refractivity contribution in [3.05, 3.63) is 66.0 Å². The van der Waals surface area contributed by atoms with E-state index < -0.39 is 0 Å². The number of thioether (sulfide) groups is 1. The SMILES string of the molecule is CC(C)n1c(SCC(=O)c2ccccc2)nnc1-c1ccccc1F. The Labute approximate surface area is 150 Å². The minimum absolute atomic E-state index is 0.0244. The fraction of sp³-hybridized carbons (Fsp3) is 0.211. The first-order valence-electron chi connectivity index (χ1n) is 7.98. The molecule has 1 aromatic heterocycles. The Hall–Kier alpha value is -2.47. The molecule has 128 valence electrons. The van der Waals surface area contributed by atoms with Gasteiger partial charge < -0.3 is 0 Å². The van der Waals surface area contributed by atoms with Crippen molar-refractivity contribution in [2.45, 2.75) is 25.0 Å². The number of benzene rings is 2. The highest BCUT2D eigenvalue weighted by molar-refractivity contribution is 7.99. The van der Waals surface area contributed by atoms with E-state index in [9.17, 15) is 9.18 Å². The van der Waals surface area contributed by atoms with Gasteiger partial charge in [0.15, 0.2) is 16.8 Å². The molecule has 0 aliphatic rings. The lowest BCUT2D eigenvalue weighted by molar-refractivity contribution is 0.102.